The zero-order valence-corrected chi connectivity index (χ0v) is 21.4. The van der Waals surface area contributed by atoms with Crippen LogP contribution in [0.3, 0.4) is 0 Å². The van der Waals surface area contributed by atoms with Gasteiger partial charge in [-0.3, -0.25) is 9.13 Å². The quantitative estimate of drug-likeness (QED) is 0.510. The Labute approximate surface area is 209 Å². The van der Waals surface area contributed by atoms with E-state index in [1.165, 1.54) is 12.8 Å². The summed E-state index contributed by atoms with van der Waals surface area (Å²) in [5.74, 6) is 1.77. The number of aliphatic hydroxyl groups is 1. The van der Waals surface area contributed by atoms with Crippen molar-refractivity contribution in [2.45, 2.75) is 64.4 Å². The van der Waals surface area contributed by atoms with Crippen molar-refractivity contribution in [1.82, 2.24) is 19.1 Å². The van der Waals surface area contributed by atoms with E-state index in [1.54, 1.807) is 36.2 Å². The van der Waals surface area contributed by atoms with Gasteiger partial charge in [-0.1, -0.05) is 11.6 Å². The number of morpholine rings is 1. The second kappa shape index (κ2) is 9.11. The van der Waals surface area contributed by atoms with Crippen molar-refractivity contribution in [2.75, 3.05) is 23.3 Å². The number of halogens is 1. The summed E-state index contributed by atoms with van der Waals surface area (Å²) in [6.07, 6.45) is 4.87. The number of nitrogens with one attached hydrogen (secondary N) is 1. The van der Waals surface area contributed by atoms with Gasteiger partial charge in [0.2, 0.25) is 5.95 Å². The summed E-state index contributed by atoms with van der Waals surface area (Å²) >= 11 is 6.46. The minimum atomic E-state index is -0.863. The summed E-state index contributed by atoms with van der Waals surface area (Å²) in [5, 5.41) is 13.9. The van der Waals surface area contributed by atoms with Crippen molar-refractivity contribution in [3.63, 3.8) is 0 Å². The molecule has 2 aromatic heterocycles. The van der Waals surface area contributed by atoms with E-state index in [0.29, 0.717) is 35.7 Å². The Morgan fingerprint density at radius 1 is 1.26 bits per heavy atom. The minimum Gasteiger partial charge on any atom is -0.390 e. The average molecular weight is 501 g/mol. The lowest BCUT2D eigenvalue weighted by atomic mass is 10.1. The molecule has 1 saturated heterocycles. The minimum absolute atomic E-state index is 0.115. The molecule has 0 radical (unpaired) electrons. The van der Waals surface area contributed by atoms with E-state index in [0.717, 1.165) is 29.8 Å². The van der Waals surface area contributed by atoms with Crippen LogP contribution in [0.1, 0.15) is 40.0 Å². The Hall–Kier alpha value is -2.62. The summed E-state index contributed by atoms with van der Waals surface area (Å²) in [7, 11) is 1.75. The zero-order chi connectivity index (χ0) is 24.9. The molecule has 0 bridgehead atoms. The molecule has 3 aromatic rings. The molecule has 2 atom stereocenters. The average Bonchev–Trinajstić information content (AvgIpc) is 3.61. The molecule has 10 heteroatoms. The molecule has 2 aliphatic rings. The second-order valence-corrected chi connectivity index (χ2v) is 10.9. The van der Waals surface area contributed by atoms with E-state index in [1.807, 2.05) is 18.2 Å². The van der Waals surface area contributed by atoms with Gasteiger partial charge < -0.3 is 20.1 Å². The number of hydrogen-bond acceptors (Lipinski definition) is 7. The fraction of sp³-hybridized carbons (Fsp3) is 0.560. The molecular weight excluding hydrogens is 468 g/mol. The van der Waals surface area contributed by atoms with Gasteiger partial charge >= 0.3 is 5.69 Å². The van der Waals surface area contributed by atoms with E-state index in [2.05, 4.69) is 22.1 Å². The highest BCUT2D eigenvalue weighted by molar-refractivity contribution is 6.32. The highest BCUT2D eigenvalue weighted by Crippen LogP contribution is 2.37. The summed E-state index contributed by atoms with van der Waals surface area (Å²) in [6.45, 7) is 7.50. The van der Waals surface area contributed by atoms with E-state index in [9.17, 15) is 9.90 Å². The molecule has 35 heavy (non-hydrogen) atoms. The Kier molecular flexibility index (Phi) is 6.27. The fourth-order valence-corrected chi connectivity index (χ4v) is 4.84. The predicted molar refractivity (Wildman–Crippen MR) is 138 cm³/mol. The maximum absolute atomic E-state index is 12.8. The van der Waals surface area contributed by atoms with Crippen LogP contribution in [0.4, 0.5) is 17.5 Å². The monoisotopic (exact) mass is 500 g/mol. The normalized spacial score (nSPS) is 21.0. The van der Waals surface area contributed by atoms with Gasteiger partial charge in [-0.15, -0.1) is 0 Å². The molecule has 5 rings (SSSR count). The molecule has 0 amide bonds. The number of fused-ring (bicyclic) bond motifs is 1. The first-order valence-corrected chi connectivity index (χ1v) is 12.6. The first-order valence-electron chi connectivity index (χ1n) is 12.2. The number of hydrogen-bond donors (Lipinski definition) is 2. The molecule has 2 N–H and O–H groups in total. The van der Waals surface area contributed by atoms with Gasteiger partial charge in [0.1, 0.15) is 5.02 Å². The molecule has 3 heterocycles. The number of nitrogens with zero attached hydrogens (tertiary/aromatic N) is 5. The number of anilines is 3. The standard InChI is InChI=1S/C25H33ClN6O3/c1-15-13-31(14-21(35-15)16-5-6-16)23-27-12-18(26)22(29-23)28-17-7-8-19-20(11-17)32(24(33)30(19)4)10-9-25(2,3)34/h7-8,11-12,15-16,21,34H,5-6,9-10,13-14H2,1-4H3,(H,27,28,29)/t15-,21+/m1/s1. The van der Waals surface area contributed by atoms with Crippen molar-refractivity contribution in [3.8, 4) is 0 Å². The molecule has 1 aromatic carbocycles. The first-order chi connectivity index (χ1) is 16.6. The van der Waals surface area contributed by atoms with Crippen LogP contribution in [0.25, 0.3) is 11.0 Å². The van der Waals surface area contributed by atoms with Gasteiger partial charge in [0.25, 0.3) is 0 Å². The third-order valence-electron chi connectivity index (χ3n) is 6.80. The lowest BCUT2D eigenvalue weighted by molar-refractivity contribution is -0.0276. The molecule has 0 spiro atoms. The number of ether oxygens (including phenoxy) is 1. The third kappa shape index (κ3) is 5.17. The Morgan fingerprint density at radius 2 is 2.03 bits per heavy atom. The van der Waals surface area contributed by atoms with Crippen LogP contribution < -0.4 is 15.9 Å². The molecule has 1 saturated carbocycles. The number of aromatic nitrogens is 4. The van der Waals surface area contributed by atoms with Gasteiger partial charge in [0.05, 0.1) is 35.0 Å². The van der Waals surface area contributed by atoms with E-state index in [4.69, 9.17) is 21.3 Å². The van der Waals surface area contributed by atoms with Crippen molar-refractivity contribution in [1.29, 1.82) is 0 Å². The van der Waals surface area contributed by atoms with Crippen LogP contribution in [-0.2, 0) is 18.3 Å². The zero-order valence-electron chi connectivity index (χ0n) is 20.7. The second-order valence-electron chi connectivity index (χ2n) is 10.5. The topological polar surface area (TPSA) is 97.4 Å². The van der Waals surface area contributed by atoms with Gasteiger partial charge in [0.15, 0.2) is 5.82 Å². The SMILES string of the molecule is C[C@@H]1CN(c2ncc(Cl)c(Nc3ccc4c(c3)n(CCC(C)(C)O)c(=O)n4C)n2)C[C@@H](C2CC2)O1. The van der Waals surface area contributed by atoms with Crippen molar-refractivity contribution < 1.29 is 9.84 Å². The predicted octanol–water partition coefficient (Wildman–Crippen LogP) is 3.69. The summed E-state index contributed by atoms with van der Waals surface area (Å²) in [5.41, 5.74) is 1.39. The molecule has 1 aliphatic heterocycles. The Balaban J connectivity index is 1.42. The van der Waals surface area contributed by atoms with Crippen LogP contribution in [0, 0.1) is 5.92 Å². The van der Waals surface area contributed by atoms with Crippen LogP contribution in [0.2, 0.25) is 5.02 Å². The van der Waals surface area contributed by atoms with Crippen molar-refractivity contribution >= 4 is 40.1 Å². The summed E-state index contributed by atoms with van der Waals surface area (Å²) < 4.78 is 9.44. The number of imidazole rings is 1. The third-order valence-corrected chi connectivity index (χ3v) is 7.08. The van der Waals surface area contributed by atoms with Crippen LogP contribution in [-0.4, -0.2) is 55.1 Å². The molecule has 188 valence electrons. The van der Waals surface area contributed by atoms with E-state index in [-0.39, 0.29) is 17.9 Å². The molecule has 1 aliphatic carbocycles. The highest BCUT2D eigenvalue weighted by Gasteiger charge is 2.38. The number of aryl methyl sites for hydroxylation is 2. The Morgan fingerprint density at radius 3 is 2.74 bits per heavy atom. The molecule has 9 nitrogen and oxygen atoms in total. The van der Waals surface area contributed by atoms with Gasteiger partial charge in [-0.2, -0.15) is 4.98 Å². The van der Waals surface area contributed by atoms with Crippen LogP contribution in [0.15, 0.2) is 29.2 Å². The first kappa shape index (κ1) is 24.1. The largest absolute Gasteiger partial charge is 0.390 e. The Bertz CT molecular complexity index is 1290. The lowest BCUT2D eigenvalue weighted by Gasteiger charge is -2.37. The molecular formula is C25H33ClN6O3. The molecule has 2 fully saturated rings. The van der Waals surface area contributed by atoms with Crippen LogP contribution >= 0.6 is 11.6 Å². The number of benzene rings is 1. The fourth-order valence-electron chi connectivity index (χ4n) is 4.70. The van der Waals surface area contributed by atoms with E-state index < -0.39 is 5.60 Å². The van der Waals surface area contributed by atoms with E-state index >= 15 is 0 Å². The van der Waals surface area contributed by atoms with Gasteiger partial charge in [-0.25, -0.2) is 9.78 Å². The van der Waals surface area contributed by atoms with Crippen LogP contribution in [0.5, 0.6) is 0 Å². The summed E-state index contributed by atoms with van der Waals surface area (Å²) in [4.78, 5) is 24.2. The number of rotatable bonds is 7. The molecule has 0 unspecified atom stereocenters. The van der Waals surface area contributed by atoms with Gasteiger partial charge in [0, 0.05) is 32.4 Å². The van der Waals surface area contributed by atoms with Crippen molar-refractivity contribution in [2.24, 2.45) is 13.0 Å². The highest BCUT2D eigenvalue weighted by atomic mass is 35.5. The maximum atomic E-state index is 12.8. The maximum Gasteiger partial charge on any atom is 0.328 e. The lowest BCUT2D eigenvalue weighted by Crippen LogP contribution is -2.48. The smallest absolute Gasteiger partial charge is 0.328 e. The summed E-state index contributed by atoms with van der Waals surface area (Å²) in [6, 6.07) is 5.72. The van der Waals surface area contributed by atoms with Crippen molar-refractivity contribution in [3.05, 3.63) is 39.9 Å². The van der Waals surface area contributed by atoms with Gasteiger partial charge in [-0.05, 0) is 64.2 Å².